The lowest BCUT2D eigenvalue weighted by molar-refractivity contribution is -0.870. The maximum absolute atomic E-state index is 13.5. The number of hydrogen-bond acceptors (Lipinski definition) is 7. The summed E-state index contributed by atoms with van der Waals surface area (Å²) in [5.41, 5.74) is 0. The first-order valence-electron chi connectivity index (χ1n) is 32.4. The van der Waals surface area contributed by atoms with Gasteiger partial charge in [0.1, 0.15) is 19.3 Å². The van der Waals surface area contributed by atoms with Crippen molar-refractivity contribution < 1.29 is 37.3 Å². The third kappa shape index (κ3) is 56.7. The lowest BCUT2D eigenvalue weighted by atomic mass is 10.0. The van der Waals surface area contributed by atoms with Gasteiger partial charge in [-0.15, -0.1) is 0 Å². The second-order valence-corrected chi connectivity index (χ2v) is 24.7. The van der Waals surface area contributed by atoms with Crippen LogP contribution in [0.15, 0.2) is 48.6 Å². The van der Waals surface area contributed by atoms with E-state index in [0.717, 1.165) is 103 Å². The van der Waals surface area contributed by atoms with Gasteiger partial charge in [-0.2, -0.15) is 0 Å². The number of unbranched alkanes of at least 4 members (excludes halogenated alkanes) is 37. The molecule has 3 atom stereocenters. The molecule has 0 aliphatic heterocycles. The summed E-state index contributed by atoms with van der Waals surface area (Å²) in [5.74, 6) is -0.543. The monoisotopic (exact) mass is 1090 g/mol. The lowest BCUT2D eigenvalue weighted by Crippen LogP contribution is -2.47. The van der Waals surface area contributed by atoms with E-state index in [4.69, 9.17) is 13.8 Å². The number of quaternary nitrogens is 1. The summed E-state index contributed by atoms with van der Waals surface area (Å²) >= 11 is 0. The second-order valence-electron chi connectivity index (χ2n) is 23.2. The number of phosphoric acid groups is 1. The molecule has 0 radical (unpaired) electrons. The molecule has 0 heterocycles. The Morgan fingerprint density at radius 1 is 0.474 bits per heavy atom. The highest BCUT2D eigenvalue weighted by Gasteiger charge is 2.27. The average Bonchev–Trinajstić information content (AvgIpc) is 3.38. The number of rotatable bonds is 59. The molecule has 0 aromatic heterocycles. The number of hydrogen-bond donors (Lipinski definition) is 1. The Hall–Kier alpha value is -2.03. The molecule has 0 aromatic carbocycles. The van der Waals surface area contributed by atoms with Crippen molar-refractivity contribution in [2.45, 2.75) is 322 Å². The van der Waals surface area contributed by atoms with Gasteiger partial charge in [-0.05, 0) is 63.9 Å². The van der Waals surface area contributed by atoms with Crippen LogP contribution in [0, 0.1) is 0 Å². The number of ether oxygens (including phenoxy) is 1. The molecule has 1 amide bonds. The molecule has 76 heavy (non-hydrogen) atoms. The van der Waals surface area contributed by atoms with Crippen LogP contribution in [0.25, 0.3) is 0 Å². The van der Waals surface area contributed by atoms with E-state index in [2.05, 4.69) is 62.5 Å². The molecule has 9 nitrogen and oxygen atoms in total. The fraction of sp³-hybridized carbons (Fsp3) is 0.848. The summed E-state index contributed by atoms with van der Waals surface area (Å²) in [6.45, 7) is 6.76. The van der Waals surface area contributed by atoms with Crippen LogP contribution in [-0.4, -0.2) is 69.4 Å². The van der Waals surface area contributed by atoms with Crippen LogP contribution < -0.4 is 10.2 Å². The molecule has 0 aliphatic rings. The molecule has 0 bridgehead atoms. The van der Waals surface area contributed by atoms with Crippen LogP contribution in [-0.2, 0) is 27.9 Å². The molecular weight excluding hydrogens is 964 g/mol. The maximum atomic E-state index is 13.5. The van der Waals surface area contributed by atoms with Crippen molar-refractivity contribution in [2.24, 2.45) is 0 Å². The molecule has 446 valence electrons. The molecule has 0 rings (SSSR count). The number of esters is 1. The van der Waals surface area contributed by atoms with Crippen molar-refractivity contribution in [3.8, 4) is 0 Å². The largest absolute Gasteiger partial charge is 0.756 e. The predicted molar refractivity (Wildman–Crippen MR) is 326 cm³/mol. The Morgan fingerprint density at radius 3 is 1.26 bits per heavy atom. The van der Waals surface area contributed by atoms with Gasteiger partial charge < -0.3 is 28.5 Å². The van der Waals surface area contributed by atoms with Crippen molar-refractivity contribution >= 4 is 19.7 Å². The lowest BCUT2D eigenvalue weighted by Gasteiger charge is -2.30. The molecule has 0 fully saturated rings. The van der Waals surface area contributed by atoms with Gasteiger partial charge in [0.05, 0.1) is 33.8 Å². The van der Waals surface area contributed by atoms with Gasteiger partial charge in [-0.1, -0.05) is 282 Å². The van der Waals surface area contributed by atoms with E-state index < -0.39 is 26.6 Å². The molecule has 0 aromatic rings. The SMILES string of the molecule is CC/C=C/C/C=C/C/C=C/CCCCCCCCC(=O)NC(COP(=O)([O-])OCC[N+](C)(C)C)C(/C=C/CCCCCCCCCCCCC)OC(=O)CCCCCCCCCCCCCCCCCCCCCCC. The average molecular weight is 1090 g/mol. The molecule has 10 heteroatoms. The standard InChI is InChI=1S/C66H125N2O7P/c1-7-10-13-16-19-22-25-28-30-32-33-34-35-36-38-41-44-47-50-53-56-59-66(70)75-64(57-54-51-48-45-42-39-27-24-21-18-15-12-9-3)63(62-74-76(71,72)73-61-60-68(4,5)6)67-65(69)58-55-52-49-46-43-40-37-31-29-26-23-20-17-14-11-8-2/h11,14,20,23,29,31,54,57,63-64H,7-10,12-13,15-19,21-22,24-28,30,32-53,55-56,58-62H2,1-6H3,(H-,67,69,71,72)/b14-11+,23-20+,31-29+,57-54+. The van der Waals surface area contributed by atoms with Crippen molar-refractivity contribution in [3.05, 3.63) is 48.6 Å². The molecule has 0 saturated heterocycles. The summed E-state index contributed by atoms with van der Waals surface area (Å²) in [6.07, 6.45) is 69.4. The molecule has 3 unspecified atom stereocenters. The van der Waals surface area contributed by atoms with Crippen molar-refractivity contribution in [1.82, 2.24) is 5.32 Å². The zero-order valence-corrected chi connectivity index (χ0v) is 51.9. The maximum Gasteiger partial charge on any atom is 0.306 e. The molecular formula is C66H125N2O7P. The second kappa shape index (κ2) is 56.3. The molecule has 0 saturated carbocycles. The number of likely N-dealkylation sites (N-methyl/N-ethyl adjacent to an activating group) is 1. The highest BCUT2D eigenvalue weighted by atomic mass is 31.2. The van der Waals surface area contributed by atoms with Gasteiger partial charge >= 0.3 is 5.97 Å². The van der Waals surface area contributed by atoms with E-state index in [0.29, 0.717) is 17.4 Å². The van der Waals surface area contributed by atoms with Crippen molar-refractivity contribution in [2.75, 3.05) is 40.9 Å². The number of carbonyl (C=O) groups excluding carboxylic acids is 2. The number of amides is 1. The Morgan fingerprint density at radius 2 is 0.842 bits per heavy atom. The zero-order chi connectivity index (χ0) is 55.7. The number of phosphoric ester groups is 1. The minimum Gasteiger partial charge on any atom is -0.756 e. The minimum absolute atomic E-state index is 0.0240. The third-order valence-corrected chi connectivity index (χ3v) is 15.5. The van der Waals surface area contributed by atoms with E-state index in [1.807, 2.05) is 33.3 Å². The Labute approximate surface area is 471 Å². The molecule has 0 spiro atoms. The van der Waals surface area contributed by atoms with Crippen LogP contribution in [0.3, 0.4) is 0 Å². The normalized spacial score (nSPS) is 13.9. The van der Waals surface area contributed by atoms with Crippen LogP contribution >= 0.6 is 7.82 Å². The zero-order valence-electron chi connectivity index (χ0n) is 51.0. The molecule has 1 N–H and O–H groups in total. The fourth-order valence-corrected chi connectivity index (χ4v) is 10.3. The van der Waals surface area contributed by atoms with E-state index in [-0.39, 0.29) is 24.9 Å². The summed E-state index contributed by atoms with van der Waals surface area (Å²) in [6, 6.07) is -0.893. The van der Waals surface area contributed by atoms with E-state index in [1.54, 1.807) is 0 Å². The summed E-state index contributed by atoms with van der Waals surface area (Å²) < 4.78 is 30.4. The first-order valence-corrected chi connectivity index (χ1v) is 33.9. The Bertz CT molecular complexity index is 1440. The van der Waals surface area contributed by atoms with Crippen LogP contribution in [0.5, 0.6) is 0 Å². The Kier molecular flexibility index (Phi) is 54.7. The van der Waals surface area contributed by atoms with Crippen LogP contribution in [0.4, 0.5) is 0 Å². The number of carbonyl (C=O) groups is 2. The van der Waals surface area contributed by atoms with Gasteiger partial charge in [-0.25, -0.2) is 0 Å². The number of nitrogens with one attached hydrogen (secondary N) is 1. The predicted octanol–water partition coefficient (Wildman–Crippen LogP) is 19.4. The summed E-state index contributed by atoms with van der Waals surface area (Å²) in [4.78, 5) is 40.0. The number of allylic oxidation sites excluding steroid dienone is 7. The fourth-order valence-electron chi connectivity index (χ4n) is 9.54. The highest BCUT2D eigenvalue weighted by molar-refractivity contribution is 7.45. The topological polar surface area (TPSA) is 114 Å². The molecule has 0 aliphatic carbocycles. The van der Waals surface area contributed by atoms with Crippen molar-refractivity contribution in [1.29, 1.82) is 0 Å². The van der Waals surface area contributed by atoms with Crippen LogP contribution in [0.1, 0.15) is 310 Å². The van der Waals surface area contributed by atoms with E-state index in [1.165, 1.54) is 173 Å². The van der Waals surface area contributed by atoms with Gasteiger partial charge in [-0.3, -0.25) is 14.2 Å². The van der Waals surface area contributed by atoms with Crippen molar-refractivity contribution in [3.63, 3.8) is 0 Å². The highest BCUT2D eigenvalue weighted by Crippen LogP contribution is 2.38. The number of nitrogens with zero attached hydrogens (tertiary/aromatic N) is 1. The van der Waals surface area contributed by atoms with Crippen LogP contribution in [0.2, 0.25) is 0 Å². The van der Waals surface area contributed by atoms with Gasteiger partial charge in [0.2, 0.25) is 5.91 Å². The third-order valence-electron chi connectivity index (χ3n) is 14.5. The van der Waals surface area contributed by atoms with E-state index in [9.17, 15) is 19.0 Å². The Balaban J connectivity index is 5.20. The first-order chi connectivity index (χ1) is 36.9. The summed E-state index contributed by atoms with van der Waals surface area (Å²) in [7, 11) is 1.18. The summed E-state index contributed by atoms with van der Waals surface area (Å²) in [5, 5.41) is 3.03. The first kappa shape index (κ1) is 74.0. The minimum atomic E-state index is -4.70. The van der Waals surface area contributed by atoms with Gasteiger partial charge in [0.15, 0.2) is 0 Å². The quantitative estimate of drug-likeness (QED) is 0.0212. The van der Waals surface area contributed by atoms with Gasteiger partial charge in [0, 0.05) is 12.8 Å². The van der Waals surface area contributed by atoms with E-state index >= 15 is 0 Å². The van der Waals surface area contributed by atoms with Gasteiger partial charge in [0.25, 0.3) is 7.82 Å². The smallest absolute Gasteiger partial charge is 0.306 e.